The Labute approximate surface area is 213 Å². The van der Waals surface area contributed by atoms with Gasteiger partial charge in [0, 0.05) is 48.3 Å². The van der Waals surface area contributed by atoms with E-state index in [0.717, 1.165) is 10.9 Å². The van der Waals surface area contributed by atoms with Gasteiger partial charge in [0.2, 0.25) is 0 Å². The lowest BCUT2D eigenvalue weighted by molar-refractivity contribution is 0.166. The van der Waals surface area contributed by atoms with Gasteiger partial charge in [-0.2, -0.15) is 0 Å². The number of methoxy groups -OCH3 is 1. The predicted molar refractivity (Wildman–Crippen MR) is 137 cm³/mol. The summed E-state index contributed by atoms with van der Waals surface area (Å²) in [6.45, 7) is 2.64. The Kier molecular flexibility index (Phi) is 8.25. The molecule has 2 aromatic carbocycles. The number of nitrogens with two attached hydrogens (primary N) is 1. The molecule has 0 unspecified atom stereocenters. The van der Waals surface area contributed by atoms with Crippen LogP contribution in [0.15, 0.2) is 53.1 Å². The number of hydrogen-bond acceptors (Lipinski definition) is 7. The highest BCUT2D eigenvalue weighted by Crippen LogP contribution is 2.35. The molecule has 0 aliphatic heterocycles. The average molecular weight is 513 g/mol. The summed E-state index contributed by atoms with van der Waals surface area (Å²) in [7, 11) is 1.57. The Hall–Kier alpha value is -3.40. The molecule has 0 amide bonds. The summed E-state index contributed by atoms with van der Waals surface area (Å²) >= 11 is 5.23. The predicted octanol–water partition coefficient (Wildman–Crippen LogP) is 5.86. The quantitative estimate of drug-likeness (QED) is 0.267. The monoisotopic (exact) mass is 512 g/mol. The van der Waals surface area contributed by atoms with E-state index in [1.807, 2.05) is 19.1 Å². The first kappa shape index (κ1) is 25.7. The van der Waals surface area contributed by atoms with Crippen LogP contribution in [0.4, 0.5) is 8.78 Å². The van der Waals surface area contributed by atoms with Crippen LogP contribution in [0.3, 0.4) is 0 Å². The fourth-order valence-corrected chi connectivity index (χ4v) is 4.23. The van der Waals surface area contributed by atoms with E-state index in [4.69, 9.17) is 36.6 Å². The summed E-state index contributed by atoms with van der Waals surface area (Å²) in [5.74, 6) is 0.182. The molecule has 4 rings (SSSR count). The zero-order valence-electron chi connectivity index (χ0n) is 20.0. The lowest BCUT2D eigenvalue weighted by Gasteiger charge is -2.14. The van der Waals surface area contributed by atoms with Crippen LogP contribution >= 0.6 is 12.2 Å². The molecule has 2 aromatic heterocycles. The number of rotatable bonds is 10. The zero-order valence-corrected chi connectivity index (χ0v) is 20.8. The lowest BCUT2D eigenvalue weighted by atomic mass is 10.00. The average Bonchev–Trinajstić information content (AvgIpc) is 3.26. The Balaban J connectivity index is 1.71. The summed E-state index contributed by atoms with van der Waals surface area (Å²) in [5.41, 5.74) is 8.54. The molecule has 2 N–H and O–H groups in total. The Morgan fingerprint density at radius 1 is 1.08 bits per heavy atom. The van der Waals surface area contributed by atoms with Crippen molar-refractivity contribution in [1.82, 2.24) is 4.98 Å². The van der Waals surface area contributed by atoms with Crippen molar-refractivity contribution in [3.8, 4) is 16.9 Å². The van der Waals surface area contributed by atoms with E-state index in [1.165, 1.54) is 18.3 Å². The van der Waals surface area contributed by atoms with E-state index in [2.05, 4.69) is 4.98 Å². The summed E-state index contributed by atoms with van der Waals surface area (Å²) in [4.78, 5) is 4.02. The maximum Gasteiger partial charge on any atom is 0.164 e. The van der Waals surface area contributed by atoms with Gasteiger partial charge < -0.3 is 24.4 Å². The van der Waals surface area contributed by atoms with Gasteiger partial charge in [0.1, 0.15) is 36.1 Å². The molecule has 0 saturated heterocycles. The highest BCUT2D eigenvalue weighted by atomic mass is 32.1. The molecule has 36 heavy (non-hydrogen) atoms. The SMILES string of the molecule is CCOC(=S)Cc1cc(F)ccc1OCc1cc(-c2ccnc(CN)c2F)c2oc(COC)cc2c1. The molecule has 4 aromatic rings. The third kappa shape index (κ3) is 5.70. The van der Waals surface area contributed by atoms with Crippen molar-refractivity contribution in [2.45, 2.75) is 33.1 Å². The number of furan rings is 1. The van der Waals surface area contributed by atoms with Crippen LogP contribution in [-0.4, -0.2) is 23.8 Å². The molecule has 0 radical (unpaired) electrons. The van der Waals surface area contributed by atoms with E-state index in [9.17, 15) is 4.39 Å². The van der Waals surface area contributed by atoms with E-state index < -0.39 is 11.6 Å². The molecule has 0 bridgehead atoms. The van der Waals surface area contributed by atoms with Gasteiger partial charge in [0.25, 0.3) is 0 Å². The minimum absolute atomic E-state index is 0.0321. The van der Waals surface area contributed by atoms with Crippen LogP contribution in [0, 0.1) is 11.6 Å². The smallest absolute Gasteiger partial charge is 0.164 e. The van der Waals surface area contributed by atoms with E-state index in [0.29, 0.717) is 45.4 Å². The van der Waals surface area contributed by atoms with E-state index >= 15 is 4.39 Å². The number of ether oxygens (including phenoxy) is 3. The van der Waals surface area contributed by atoms with Crippen LogP contribution in [0.1, 0.15) is 29.5 Å². The first-order valence-corrected chi connectivity index (χ1v) is 11.8. The van der Waals surface area contributed by atoms with Crippen LogP contribution < -0.4 is 10.5 Å². The standard InChI is InChI=1S/C27H26F2N2O4S/c1-3-33-25(36)12-17-10-19(28)4-5-24(17)34-14-16-8-18-11-20(15-32-2)35-27(18)22(9-16)21-6-7-31-23(13-30)26(21)29/h4-11H,3,12-15,30H2,1-2H3. The Morgan fingerprint density at radius 2 is 1.92 bits per heavy atom. The summed E-state index contributed by atoms with van der Waals surface area (Å²) in [6, 6.07) is 11.4. The summed E-state index contributed by atoms with van der Waals surface area (Å²) in [5, 5.41) is 1.12. The highest BCUT2D eigenvalue weighted by Gasteiger charge is 2.18. The number of hydrogen-bond donors (Lipinski definition) is 1. The van der Waals surface area contributed by atoms with Crippen molar-refractivity contribution >= 4 is 28.2 Å². The van der Waals surface area contributed by atoms with Gasteiger partial charge in [-0.25, -0.2) is 8.78 Å². The van der Waals surface area contributed by atoms with Gasteiger partial charge in [-0.15, -0.1) is 0 Å². The number of fused-ring (bicyclic) bond motifs is 1. The molecule has 2 heterocycles. The topological polar surface area (TPSA) is 79.7 Å². The minimum atomic E-state index is -0.505. The van der Waals surface area contributed by atoms with Crippen LogP contribution in [0.25, 0.3) is 22.1 Å². The second-order valence-corrected chi connectivity index (χ2v) is 8.51. The van der Waals surface area contributed by atoms with Crippen molar-refractivity contribution in [2.75, 3.05) is 13.7 Å². The highest BCUT2D eigenvalue weighted by molar-refractivity contribution is 7.80. The minimum Gasteiger partial charge on any atom is -0.489 e. The molecule has 188 valence electrons. The van der Waals surface area contributed by atoms with Gasteiger partial charge in [-0.05, 0) is 67.2 Å². The molecule has 0 aliphatic carbocycles. The van der Waals surface area contributed by atoms with Crippen LogP contribution in [-0.2, 0) is 35.7 Å². The number of aromatic nitrogens is 1. The maximum absolute atomic E-state index is 15.2. The van der Waals surface area contributed by atoms with Crippen LogP contribution in [0.2, 0.25) is 0 Å². The Bertz CT molecular complexity index is 1390. The molecule has 0 atom stereocenters. The second kappa shape index (κ2) is 11.6. The molecule has 0 spiro atoms. The maximum atomic E-state index is 15.2. The van der Waals surface area contributed by atoms with E-state index in [-0.39, 0.29) is 31.9 Å². The molecule has 0 saturated carbocycles. The molecule has 0 aliphatic rings. The van der Waals surface area contributed by atoms with Crippen molar-refractivity contribution in [2.24, 2.45) is 5.73 Å². The van der Waals surface area contributed by atoms with Gasteiger partial charge in [0.05, 0.1) is 12.3 Å². The second-order valence-electron chi connectivity index (χ2n) is 8.05. The first-order chi connectivity index (χ1) is 17.4. The van der Waals surface area contributed by atoms with Crippen LogP contribution in [0.5, 0.6) is 5.75 Å². The molecule has 6 nitrogen and oxygen atoms in total. The van der Waals surface area contributed by atoms with Gasteiger partial charge in [-0.1, -0.05) is 0 Å². The number of halogens is 2. The molecular weight excluding hydrogens is 486 g/mol. The van der Waals surface area contributed by atoms with Gasteiger partial charge in [-0.3, -0.25) is 4.98 Å². The fraction of sp³-hybridized carbons (Fsp3) is 0.259. The number of pyridine rings is 1. The number of benzene rings is 2. The van der Waals surface area contributed by atoms with Crippen molar-refractivity contribution in [3.05, 3.63) is 82.9 Å². The number of thiocarbonyl (C=S) groups is 1. The van der Waals surface area contributed by atoms with Gasteiger partial charge >= 0.3 is 0 Å². The molecule has 9 heteroatoms. The van der Waals surface area contributed by atoms with Crippen molar-refractivity contribution in [3.63, 3.8) is 0 Å². The van der Waals surface area contributed by atoms with Crippen molar-refractivity contribution < 1.29 is 27.4 Å². The summed E-state index contributed by atoms with van der Waals surface area (Å²) in [6.07, 6.45) is 1.76. The van der Waals surface area contributed by atoms with E-state index in [1.54, 1.807) is 25.3 Å². The fourth-order valence-electron chi connectivity index (χ4n) is 3.96. The summed E-state index contributed by atoms with van der Waals surface area (Å²) < 4.78 is 51.7. The lowest BCUT2D eigenvalue weighted by Crippen LogP contribution is -2.08. The first-order valence-electron chi connectivity index (χ1n) is 11.4. The third-order valence-electron chi connectivity index (χ3n) is 5.52. The normalized spacial score (nSPS) is 11.1. The molecular formula is C27H26F2N2O4S. The molecule has 0 fully saturated rings. The third-order valence-corrected chi connectivity index (χ3v) is 5.78. The van der Waals surface area contributed by atoms with Crippen molar-refractivity contribution in [1.29, 1.82) is 0 Å². The largest absolute Gasteiger partial charge is 0.489 e. The zero-order chi connectivity index (χ0) is 25.7. The van der Waals surface area contributed by atoms with Gasteiger partial charge in [0.15, 0.2) is 10.9 Å². The number of nitrogens with zero attached hydrogens (tertiary/aromatic N) is 1. The Morgan fingerprint density at radius 3 is 2.67 bits per heavy atom.